The summed E-state index contributed by atoms with van der Waals surface area (Å²) >= 11 is 5.82. The Labute approximate surface area is 156 Å². The lowest BCUT2D eigenvalue weighted by Gasteiger charge is -2.22. The van der Waals surface area contributed by atoms with Crippen LogP contribution in [0.25, 0.3) is 16.8 Å². The summed E-state index contributed by atoms with van der Waals surface area (Å²) in [7, 11) is 0. The molecule has 0 saturated carbocycles. The van der Waals surface area contributed by atoms with E-state index in [1.807, 2.05) is 0 Å². The highest BCUT2D eigenvalue weighted by molar-refractivity contribution is 6.29. The van der Waals surface area contributed by atoms with Gasteiger partial charge in [0.2, 0.25) is 0 Å². The lowest BCUT2D eigenvalue weighted by Crippen LogP contribution is -2.26. The second kappa shape index (κ2) is 7.37. The molecule has 0 spiro atoms. The second-order valence-corrected chi connectivity index (χ2v) is 6.01. The summed E-state index contributed by atoms with van der Waals surface area (Å²) < 4.78 is 0. The Morgan fingerprint density at radius 2 is 2.04 bits per heavy atom. The minimum atomic E-state index is -0.373. The molecule has 0 bridgehead atoms. The molecule has 0 saturated heterocycles. The second-order valence-electron chi connectivity index (χ2n) is 5.63. The molecule has 0 radical (unpaired) electrons. The van der Waals surface area contributed by atoms with Gasteiger partial charge in [-0.2, -0.15) is 0 Å². The van der Waals surface area contributed by atoms with E-state index in [9.17, 15) is 9.90 Å². The largest absolute Gasteiger partial charge is 0.512 e. The Morgan fingerprint density at radius 3 is 2.69 bits per heavy atom. The van der Waals surface area contributed by atoms with Crippen LogP contribution in [-0.2, 0) is 4.79 Å². The SMILES string of the molecule is C=C1C=CC=CN1C(=O)/C(=C(\C)O)c1ccnc(-c2ccc(Cl)nc2)c1. The molecule has 2 aromatic rings. The Kier molecular flexibility index (Phi) is 5.00. The van der Waals surface area contributed by atoms with E-state index in [4.69, 9.17) is 11.6 Å². The molecule has 3 heterocycles. The number of hydrogen-bond donors (Lipinski definition) is 1. The molecule has 26 heavy (non-hydrogen) atoms. The first-order valence-electron chi connectivity index (χ1n) is 7.83. The van der Waals surface area contributed by atoms with E-state index in [1.54, 1.807) is 61.1 Å². The number of halogens is 1. The summed E-state index contributed by atoms with van der Waals surface area (Å²) in [5, 5.41) is 10.5. The highest BCUT2D eigenvalue weighted by atomic mass is 35.5. The van der Waals surface area contributed by atoms with Crippen LogP contribution >= 0.6 is 11.6 Å². The van der Waals surface area contributed by atoms with Gasteiger partial charge in [-0.3, -0.25) is 14.7 Å². The summed E-state index contributed by atoms with van der Waals surface area (Å²) in [5.41, 5.74) is 2.62. The number of nitrogens with zero attached hydrogens (tertiary/aromatic N) is 3. The molecule has 3 rings (SSSR count). The van der Waals surface area contributed by atoms with Gasteiger partial charge in [-0.05, 0) is 48.9 Å². The summed E-state index contributed by atoms with van der Waals surface area (Å²) in [4.78, 5) is 22.7. The third-order valence-electron chi connectivity index (χ3n) is 3.81. The Morgan fingerprint density at radius 1 is 1.23 bits per heavy atom. The highest BCUT2D eigenvalue weighted by Crippen LogP contribution is 2.27. The van der Waals surface area contributed by atoms with Gasteiger partial charge < -0.3 is 5.11 Å². The Bertz CT molecular complexity index is 955. The number of aromatic nitrogens is 2. The van der Waals surface area contributed by atoms with E-state index < -0.39 is 0 Å². The van der Waals surface area contributed by atoms with Crippen molar-refractivity contribution in [3.05, 3.63) is 89.8 Å². The summed E-state index contributed by atoms with van der Waals surface area (Å²) in [5.74, 6) is -0.459. The van der Waals surface area contributed by atoms with E-state index in [2.05, 4.69) is 16.5 Å². The van der Waals surface area contributed by atoms with Crippen molar-refractivity contribution in [2.45, 2.75) is 6.92 Å². The topological polar surface area (TPSA) is 66.3 Å². The van der Waals surface area contributed by atoms with E-state index >= 15 is 0 Å². The zero-order valence-electron chi connectivity index (χ0n) is 14.1. The van der Waals surface area contributed by atoms with Gasteiger partial charge in [-0.25, -0.2) is 4.98 Å². The molecule has 1 amide bonds. The monoisotopic (exact) mass is 365 g/mol. The van der Waals surface area contributed by atoms with Crippen molar-refractivity contribution in [3.63, 3.8) is 0 Å². The molecule has 0 unspecified atom stereocenters. The number of pyridine rings is 2. The number of rotatable bonds is 3. The van der Waals surface area contributed by atoms with Crippen LogP contribution in [0.5, 0.6) is 0 Å². The number of allylic oxidation sites excluding steroid dienone is 4. The smallest absolute Gasteiger partial charge is 0.266 e. The van der Waals surface area contributed by atoms with E-state index in [0.29, 0.717) is 22.1 Å². The van der Waals surface area contributed by atoms with Crippen LogP contribution in [0, 0.1) is 0 Å². The van der Waals surface area contributed by atoms with Crippen LogP contribution in [-0.4, -0.2) is 25.9 Å². The van der Waals surface area contributed by atoms with E-state index in [0.717, 1.165) is 5.56 Å². The van der Waals surface area contributed by atoms with Crippen LogP contribution in [0.1, 0.15) is 12.5 Å². The molecule has 130 valence electrons. The van der Waals surface area contributed by atoms with Crippen molar-refractivity contribution in [2.75, 3.05) is 0 Å². The fourth-order valence-electron chi connectivity index (χ4n) is 2.56. The number of carbonyl (C=O) groups is 1. The number of aliphatic hydroxyl groups is 1. The first-order chi connectivity index (χ1) is 12.5. The molecular weight excluding hydrogens is 350 g/mol. The fraction of sp³-hybridized carbons (Fsp3) is 0.0500. The van der Waals surface area contributed by atoms with Crippen molar-refractivity contribution in [2.24, 2.45) is 0 Å². The molecule has 1 aliphatic heterocycles. The molecule has 6 heteroatoms. The number of carbonyl (C=O) groups excluding carboxylic acids is 1. The zero-order valence-corrected chi connectivity index (χ0v) is 14.8. The van der Waals surface area contributed by atoms with E-state index in [1.165, 1.54) is 11.8 Å². The molecule has 2 aromatic heterocycles. The highest BCUT2D eigenvalue weighted by Gasteiger charge is 2.23. The van der Waals surface area contributed by atoms with Gasteiger partial charge in [0.05, 0.1) is 11.3 Å². The maximum atomic E-state index is 13.0. The maximum Gasteiger partial charge on any atom is 0.266 e. The average molecular weight is 366 g/mol. The van der Waals surface area contributed by atoms with Gasteiger partial charge >= 0.3 is 0 Å². The van der Waals surface area contributed by atoms with Gasteiger partial charge in [0.1, 0.15) is 10.9 Å². The summed E-state index contributed by atoms with van der Waals surface area (Å²) in [6.45, 7) is 5.33. The molecule has 5 nitrogen and oxygen atoms in total. The molecular formula is C20H16ClN3O2. The van der Waals surface area contributed by atoms with Gasteiger partial charge in [0.25, 0.3) is 5.91 Å². The van der Waals surface area contributed by atoms with Crippen LogP contribution in [0.3, 0.4) is 0 Å². The molecule has 0 aliphatic carbocycles. The molecule has 0 fully saturated rings. The van der Waals surface area contributed by atoms with Crippen LogP contribution in [0.15, 0.2) is 79.1 Å². The fourth-order valence-corrected chi connectivity index (χ4v) is 2.67. The molecule has 1 aliphatic rings. The standard InChI is InChI=1S/C20H16ClN3O2/c1-13-5-3-4-10-24(13)20(26)19(14(2)25)15-8-9-22-17(11-15)16-6-7-18(21)23-12-16/h3-12,25H,1H2,2H3/b19-14+. The van der Waals surface area contributed by atoms with Crippen molar-refractivity contribution < 1.29 is 9.90 Å². The van der Waals surface area contributed by atoms with Crippen molar-refractivity contribution >= 4 is 23.1 Å². The zero-order chi connectivity index (χ0) is 18.7. The number of hydrogen-bond acceptors (Lipinski definition) is 4. The van der Waals surface area contributed by atoms with Crippen LogP contribution < -0.4 is 0 Å². The van der Waals surface area contributed by atoms with Gasteiger partial charge in [0.15, 0.2) is 0 Å². The lowest BCUT2D eigenvalue weighted by atomic mass is 10.0. The predicted molar refractivity (Wildman–Crippen MR) is 102 cm³/mol. The molecule has 0 aromatic carbocycles. The quantitative estimate of drug-likeness (QED) is 0.493. The minimum absolute atomic E-state index is 0.0860. The maximum absolute atomic E-state index is 13.0. The van der Waals surface area contributed by atoms with Crippen molar-refractivity contribution in [3.8, 4) is 11.3 Å². The molecule has 0 atom stereocenters. The van der Waals surface area contributed by atoms with Crippen molar-refractivity contribution in [1.82, 2.24) is 14.9 Å². The predicted octanol–water partition coefficient (Wildman–Crippen LogP) is 4.51. The van der Waals surface area contributed by atoms with Gasteiger partial charge in [0, 0.05) is 29.9 Å². The Hall–Kier alpha value is -3.18. The number of aliphatic hydroxyl groups excluding tert-OH is 1. The first kappa shape index (κ1) is 17.6. The summed E-state index contributed by atoms with van der Waals surface area (Å²) in [6.07, 6.45) is 10.0. The third-order valence-corrected chi connectivity index (χ3v) is 4.03. The summed E-state index contributed by atoms with van der Waals surface area (Å²) in [6, 6.07) is 6.86. The lowest BCUT2D eigenvalue weighted by molar-refractivity contribution is -0.121. The Balaban J connectivity index is 2.01. The molecule has 1 N–H and O–H groups in total. The average Bonchev–Trinajstić information content (AvgIpc) is 2.63. The third kappa shape index (κ3) is 3.58. The first-order valence-corrected chi connectivity index (χ1v) is 8.20. The van der Waals surface area contributed by atoms with Gasteiger partial charge in [-0.15, -0.1) is 0 Å². The van der Waals surface area contributed by atoms with E-state index in [-0.39, 0.29) is 17.2 Å². The van der Waals surface area contributed by atoms with Crippen LogP contribution in [0.2, 0.25) is 5.15 Å². The van der Waals surface area contributed by atoms with Gasteiger partial charge in [-0.1, -0.05) is 24.3 Å². The van der Waals surface area contributed by atoms with Crippen molar-refractivity contribution in [1.29, 1.82) is 0 Å². The normalized spacial score (nSPS) is 14.4. The minimum Gasteiger partial charge on any atom is -0.512 e. The van der Waals surface area contributed by atoms with Crippen LogP contribution in [0.4, 0.5) is 0 Å². The number of amides is 1.